The molecule has 4 aliphatic rings. The second-order valence-electron chi connectivity index (χ2n) is 10.2. The number of β-lactam (4-membered cyclic amide) rings is 1. The van der Waals surface area contributed by atoms with E-state index in [0.29, 0.717) is 16.4 Å². The number of hydrogen-bond donors (Lipinski definition) is 7. The predicted octanol–water partition coefficient (Wildman–Crippen LogP) is -1.21. The van der Waals surface area contributed by atoms with Gasteiger partial charge in [0.1, 0.15) is 29.0 Å². The Labute approximate surface area is 268 Å². The summed E-state index contributed by atoms with van der Waals surface area (Å²) >= 11 is 3.67. The number of aromatic nitrogens is 1. The second kappa shape index (κ2) is 12.7. The molecule has 1 saturated heterocycles. The van der Waals surface area contributed by atoms with Crippen molar-refractivity contribution in [3.63, 3.8) is 0 Å². The molecular weight excluding hydrogens is 651 g/mol. The summed E-state index contributed by atoms with van der Waals surface area (Å²) in [6, 6.07) is -1.07. The van der Waals surface area contributed by atoms with E-state index in [0.717, 1.165) is 16.2 Å². The molecule has 1 fully saturated rings. The Balaban J connectivity index is 1.30. The van der Waals surface area contributed by atoms with Gasteiger partial charge in [-0.05, 0) is 32.4 Å². The summed E-state index contributed by atoms with van der Waals surface area (Å²) in [5.41, 5.74) is 9.18. The zero-order chi connectivity index (χ0) is 32.6. The largest absolute Gasteiger partial charge is 0.477 e. The predicted molar refractivity (Wildman–Crippen MR) is 166 cm³/mol. The molecule has 18 nitrogen and oxygen atoms in total. The van der Waals surface area contributed by atoms with Gasteiger partial charge in [-0.3, -0.25) is 29.7 Å². The Kier molecular flexibility index (Phi) is 9.09. The second-order valence-corrected chi connectivity index (χ2v) is 13.2. The Hall–Kier alpha value is -4.15. The van der Waals surface area contributed by atoms with Crippen molar-refractivity contribution in [2.75, 3.05) is 17.2 Å². The van der Waals surface area contributed by atoms with Crippen LogP contribution in [0, 0.1) is 0 Å². The third kappa shape index (κ3) is 6.35. The fraction of sp³-hybridized carbons (Fsp3) is 0.375. The number of aliphatic carboxylic acids is 1. The molecule has 2 unspecified atom stereocenters. The van der Waals surface area contributed by atoms with Crippen LogP contribution in [0.25, 0.3) is 0 Å². The normalized spacial score (nSPS) is 21.8. The molecule has 1 aromatic rings. The lowest BCUT2D eigenvalue weighted by Crippen LogP contribution is -2.71. The highest BCUT2D eigenvalue weighted by atomic mass is 32.2. The van der Waals surface area contributed by atoms with Crippen molar-refractivity contribution in [2.24, 2.45) is 16.0 Å². The first-order chi connectivity index (χ1) is 21.3. The summed E-state index contributed by atoms with van der Waals surface area (Å²) in [5, 5.41) is 31.1. The van der Waals surface area contributed by atoms with Gasteiger partial charge in [-0.25, -0.2) is 25.6 Å². The summed E-state index contributed by atoms with van der Waals surface area (Å²) in [7, 11) is 0. The molecule has 0 bridgehead atoms. The van der Waals surface area contributed by atoms with Crippen LogP contribution in [0.15, 0.2) is 49.9 Å². The number of aliphatic imine (C=N–C) groups is 1. The number of fused-ring (bicyclic) bond motifs is 2. The monoisotopic (exact) mass is 679 g/mol. The number of nitrogens with two attached hydrogens (primary N) is 2. The summed E-state index contributed by atoms with van der Waals surface area (Å²) in [5.74, 6) is 2.81. The first-order valence-corrected chi connectivity index (χ1v) is 16.0. The number of nitrogens with zero attached hydrogens (tertiary/aromatic N) is 6. The summed E-state index contributed by atoms with van der Waals surface area (Å²) in [6.07, 6.45) is 4.15. The van der Waals surface area contributed by atoms with E-state index in [1.807, 2.05) is 5.43 Å². The highest BCUT2D eigenvalue weighted by molar-refractivity contribution is 8.03. The van der Waals surface area contributed by atoms with Gasteiger partial charge in [0, 0.05) is 23.1 Å². The van der Waals surface area contributed by atoms with E-state index >= 15 is 0 Å². The fourth-order valence-electron chi connectivity index (χ4n) is 4.33. The van der Waals surface area contributed by atoms with E-state index in [1.54, 1.807) is 30.4 Å². The molecule has 5 heterocycles. The number of carboxylic acid groups (broad SMARTS) is 1. The van der Waals surface area contributed by atoms with E-state index in [2.05, 4.69) is 26.0 Å². The number of anilines is 1. The number of hydrazine groups is 3. The SMILES string of the molecule is CC(O)N1C=C2N=CC=C(SCC3=C(C(=O)O)N4C(=O)C(NC(=O)C(=NOC(C)(C)C(=O)NN)c5csc(N)n5)[C@@H]4SC3)N2N1. The highest BCUT2D eigenvalue weighted by Gasteiger charge is 2.54. The van der Waals surface area contributed by atoms with Crippen LogP contribution < -0.4 is 27.9 Å². The lowest BCUT2D eigenvalue weighted by atomic mass is 10.0. The van der Waals surface area contributed by atoms with Crippen molar-refractivity contribution < 1.29 is 34.2 Å². The molecule has 0 radical (unpaired) electrons. The number of allylic oxidation sites excluding steroid dienone is 1. The fourth-order valence-corrected chi connectivity index (χ4v) is 7.33. The number of rotatable bonds is 11. The number of amides is 3. The molecule has 0 aromatic carbocycles. The van der Waals surface area contributed by atoms with E-state index in [1.165, 1.54) is 47.8 Å². The van der Waals surface area contributed by atoms with Gasteiger partial charge < -0.3 is 26.1 Å². The average molecular weight is 680 g/mol. The summed E-state index contributed by atoms with van der Waals surface area (Å²) in [6.45, 7) is 4.35. The number of carbonyl (C=O) groups excluding carboxylic acids is 3. The van der Waals surface area contributed by atoms with Crippen molar-refractivity contribution in [1.82, 2.24) is 36.2 Å². The number of carboxylic acids is 1. The molecule has 0 saturated carbocycles. The van der Waals surface area contributed by atoms with Crippen molar-refractivity contribution in [1.29, 1.82) is 0 Å². The average Bonchev–Trinajstić information content (AvgIpc) is 3.64. The zero-order valence-corrected chi connectivity index (χ0v) is 26.4. The number of nitrogen functional groups attached to an aromatic ring is 1. The maximum Gasteiger partial charge on any atom is 0.352 e. The molecule has 21 heteroatoms. The van der Waals surface area contributed by atoms with Gasteiger partial charge >= 0.3 is 5.97 Å². The van der Waals surface area contributed by atoms with E-state index in [-0.39, 0.29) is 33.7 Å². The van der Waals surface area contributed by atoms with Gasteiger partial charge in [0.25, 0.3) is 17.7 Å². The number of thioether (sulfide) groups is 2. The maximum absolute atomic E-state index is 13.4. The topological polar surface area (TPSA) is 253 Å². The van der Waals surface area contributed by atoms with Gasteiger partial charge in [-0.2, -0.15) is 0 Å². The van der Waals surface area contributed by atoms with Crippen LogP contribution >= 0.6 is 34.9 Å². The van der Waals surface area contributed by atoms with Gasteiger partial charge in [-0.15, -0.1) is 40.4 Å². The van der Waals surface area contributed by atoms with E-state index in [9.17, 15) is 29.4 Å². The summed E-state index contributed by atoms with van der Waals surface area (Å²) < 4.78 is 0. The molecule has 5 rings (SSSR count). The van der Waals surface area contributed by atoms with Crippen LogP contribution in [-0.4, -0.2) is 100 Å². The lowest BCUT2D eigenvalue weighted by molar-refractivity contribution is -0.150. The quantitative estimate of drug-likeness (QED) is 0.0476. The van der Waals surface area contributed by atoms with E-state index in [4.69, 9.17) is 16.4 Å². The standard InChI is InChI=1S/C24H29N11O7S3/c1-10(36)33-6-13-27-5-4-14(35(13)32-33)43-7-11-8-44-20-16(19(38)34(20)17(11)21(39)40)29-18(37)15(12-9-45-23(25)28-12)31-42-24(2,3)22(41)30-26/h4-6,9-10,16,20,32,36H,7-8,26H2,1-3H3,(H2,25,28)(H,29,37)(H,30,41)(H,39,40)/t10?,16?,20-/m0/s1. The van der Waals surface area contributed by atoms with E-state index < -0.39 is 46.9 Å². The maximum atomic E-state index is 13.4. The Bertz CT molecular complexity index is 1590. The molecule has 0 spiro atoms. The van der Waals surface area contributed by atoms with Gasteiger partial charge in [0.05, 0.1) is 11.2 Å². The first-order valence-electron chi connectivity index (χ1n) is 13.1. The third-order valence-electron chi connectivity index (χ3n) is 6.70. The minimum atomic E-state index is -1.56. The van der Waals surface area contributed by atoms with Gasteiger partial charge in [0.2, 0.25) is 5.60 Å². The zero-order valence-electron chi connectivity index (χ0n) is 24.0. The number of nitrogens with one attached hydrogen (secondary N) is 3. The van der Waals surface area contributed by atoms with Crippen LogP contribution in [0.3, 0.4) is 0 Å². The molecule has 240 valence electrons. The number of thiazole rings is 1. The van der Waals surface area contributed by atoms with Gasteiger partial charge in [-0.1, -0.05) is 5.16 Å². The Morgan fingerprint density at radius 1 is 1.38 bits per heavy atom. The number of carbonyl (C=O) groups is 4. The van der Waals surface area contributed by atoms with Gasteiger partial charge in [0.15, 0.2) is 16.7 Å². The van der Waals surface area contributed by atoms with Crippen molar-refractivity contribution in [3.8, 4) is 0 Å². The first kappa shape index (κ1) is 32.2. The lowest BCUT2D eigenvalue weighted by Gasteiger charge is -2.49. The molecule has 45 heavy (non-hydrogen) atoms. The molecular formula is C24H29N11O7S3. The molecule has 0 aliphatic carbocycles. The van der Waals surface area contributed by atoms with Crippen LogP contribution in [0.1, 0.15) is 26.5 Å². The third-order valence-corrected chi connectivity index (χ3v) is 9.82. The van der Waals surface area contributed by atoms with Crippen LogP contribution in [0.2, 0.25) is 0 Å². The molecule has 4 aliphatic heterocycles. The van der Waals surface area contributed by atoms with Crippen LogP contribution in [0.5, 0.6) is 0 Å². The minimum absolute atomic E-state index is 0.0495. The Morgan fingerprint density at radius 3 is 2.78 bits per heavy atom. The molecule has 1 aromatic heterocycles. The van der Waals surface area contributed by atoms with Crippen LogP contribution in [-0.2, 0) is 24.0 Å². The molecule has 9 N–H and O–H groups in total. The van der Waals surface area contributed by atoms with Crippen molar-refractivity contribution in [2.45, 2.75) is 44.0 Å². The number of oxime groups is 1. The highest BCUT2D eigenvalue weighted by Crippen LogP contribution is 2.42. The van der Waals surface area contributed by atoms with Crippen molar-refractivity contribution >= 4 is 75.6 Å². The minimum Gasteiger partial charge on any atom is -0.477 e. The Morgan fingerprint density at radius 2 is 2.13 bits per heavy atom. The van der Waals surface area contributed by atoms with Crippen LogP contribution in [0.4, 0.5) is 5.13 Å². The number of aliphatic hydroxyl groups excluding tert-OH is 1. The molecule has 3 atom stereocenters. The van der Waals surface area contributed by atoms with Crippen molar-refractivity contribution in [3.05, 3.63) is 45.5 Å². The number of aliphatic hydroxyl groups is 1. The molecule has 3 amide bonds. The smallest absolute Gasteiger partial charge is 0.352 e. The number of hydrogen-bond acceptors (Lipinski definition) is 17. The summed E-state index contributed by atoms with van der Waals surface area (Å²) in [4.78, 5) is 65.9.